The zero-order chi connectivity index (χ0) is 23.6. The number of hydrogen-bond donors (Lipinski definition) is 2. The summed E-state index contributed by atoms with van der Waals surface area (Å²) < 4.78 is 16.0. The van der Waals surface area contributed by atoms with Crippen molar-refractivity contribution in [3.63, 3.8) is 0 Å². The molecular formula is C25H26N2O5S. The van der Waals surface area contributed by atoms with E-state index in [0.29, 0.717) is 40.8 Å². The molecule has 8 heteroatoms. The standard InChI is InChI=1S/C25H26N2O5S/c1-4-32-21-11-6-5-10-20(21)27-24(28)16-33-19-9-7-8-18(15-19)26-25(29)17-12-13-22(30-2)23(14-17)31-3/h5-15H,4,16H2,1-3H3,(H,26,29)(H,27,28). The molecule has 0 aliphatic carbocycles. The first-order valence-corrected chi connectivity index (χ1v) is 11.3. The molecule has 33 heavy (non-hydrogen) atoms. The monoisotopic (exact) mass is 466 g/mol. The summed E-state index contributed by atoms with van der Waals surface area (Å²) in [5.74, 6) is 1.46. The van der Waals surface area contributed by atoms with E-state index in [1.54, 1.807) is 37.4 Å². The van der Waals surface area contributed by atoms with E-state index in [4.69, 9.17) is 14.2 Å². The molecule has 2 N–H and O–H groups in total. The summed E-state index contributed by atoms with van der Waals surface area (Å²) >= 11 is 1.37. The predicted octanol–water partition coefficient (Wildman–Crippen LogP) is 5.09. The quantitative estimate of drug-likeness (QED) is 0.405. The summed E-state index contributed by atoms with van der Waals surface area (Å²) in [7, 11) is 3.06. The largest absolute Gasteiger partial charge is 0.493 e. The number of para-hydroxylation sites is 2. The number of carbonyl (C=O) groups excluding carboxylic acids is 2. The molecule has 3 rings (SSSR count). The molecule has 0 saturated heterocycles. The van der Waals surface area contributed by atoms with Gasteiger partial charge in [0.25, 0.3) is 5.91 Å². The first kappa shape index (κ1) is 24.0. The van der Waals surface area contributed by atoms with Crippen molar-refractivity contribution in [1.29, 1.82) is 0 Å². The van der Waals surface area contributed by atoms with E-state index < -0.39 is 0 Å². The van der Waals surface area contributed by atoms with Gasteiger partial charge in [-0.25, -0.2) is 0 Å². The highest BCUT2D eigenvalue weighted by molar-refractivity contribution is 8.00. The number of anilines is 2. The SMILES string of the molecule is CCOc1ccccc1NC(=O)CSc1cccc(NC(=O)c2ccc(OC)c(OC)c2)c1. The van der Waals surface area contributed by atoms with Gasteiger partial charge in [0.15, 0.2) is 11.5 Å². The number of benzene rings is 3. The fraction of sp³-hybridized carbons (Fsp3) is 0.200. The summed E-state index contributed by atoms with van der Waals surface area (Å²) in [5, 5.41) is 5.75. The Morgan fingerprint density at radius 1 is 0.848 bits per heavy atom. The molecule has 0 radical (unpaired) electrons. The van der Waals surface area contributed by atoms with Crippen molar-refractivity contribution in [3.8, 4) is 17.2 Å². The van der Waals surface area contributed by atoms with E-state index >= 15 is 0 Å². The van der Waals surface area contributed by atoms with E-state index in [-0.39, 0.29) is 17.6 Å². The third-order valence-corrected chi connectivity index (χ3v) is 5.56. The minimum Gasteiger partial charge on any atom is -0.493 e. The summed E-state index contributed by atoms with van der Waals surface area (Å²) in [6, 6.07) is 19.6. The lowest BCUT2D eigenvalue weighted by atomic mass is 10.2. The first-order chi connectivity index (χ1) is 16.0. The second-order valence-electron chi connectivity index (χ2n) is 6.82. The Morgan fingerprint density at radius 2 is 1.64 bits per heavy atom. The van der Waals surface area contributed by atoms with Gasteiger partial charge in [0.1, 0.15) is 5.75 Å². The Bertz CT molecular complexity index is 1120. The molecule has 0 bridgehead atoms. The number of hydrogen-bond acceptors (Lipinski definition) is 6. The summed E-state index contributed by atoms with van der Waals surface area (Å²) in [5.41, 5.74) is 1.71. The van der Waals surface area contributed by atoms with Crippen LogP contribution >= 0.6 is 11.8 Å². The van der Waals surface area contributed by atoms with Crippen LogP contribution in [0.25, 0.3) is 0 Å². The van der Waals surface area contributed by atoms with Crippen molar-refractivity contribution in [3.05, 3.63) is 72.3 Å². The predicted molar refractivity (Wildman–Crippen MR) is 131 cm³/mol. The molecule has 3 aromatic rings. The van der Waals surface area contributed by atoms with E-state index in [0.717, 1.165) is 4.90 Å². The summed E-state index contributed by atoms with van der Waals surface area (Å²) in [6.45, 7) is 2.41. The summed E-state index contributed by atoms with van der Waals surface area (Å²) in [4.78, 5) is 25.9. The Balaban J connectivity index is 1.60. The van der Waals surface area contributed by atoms with Crippen molar-refractivity contribution < 1.29 is 23.8 Å². The molecule has 3 aromatic carbocycles. The Kier molecular flexibility index (Phi) is 8.60. The van der Waals surface area contributed by atoms with E-state index in [2.05, 4.69) is 10.6 Å². The first-order valence-electron chi connectivity index (χ1n) is 10.3. The molecule has 0 saturated carbocycles. The van der Waals surface area contributed by atoms with E-state index in [1.165, 1.54) is 18.9 Å². The number of ether oxygens (including phenoxy) is 3. The van der Waals surface area contributed by atoms with Crippen LogP contribution < -0.4 is 24.8 Å². The van der Waals surface area contributed by atoms with Crippen LogP contribution in [0.2, 0.25) is 0 Å². The Labute approximate surface area is 197 Å². The molecule has 0 aliphatic heterocycles. The minimum atomic E-state index is -0.275. The molecular weight excluding hydrogens is 440 g/mol. The molecule has 0 aromatic heterocycles. The van der Waals surface area contributed by atoms with Gasteiger partial charge in [-0.05, 0) is 55.5 Å². The van der Waals surface area contributed by atoms with Gasteiger partial charge >= 0.3 is 0 Å². The number of carbonyl (C=O) groups is 2. The maximum Gasteiger partial charge on any atom is 0.255 e. The highest BCUT2D eigenvalue weighted by atomic mass is 32.2. The van der Waals surface area contributed by atoms with Crippen LogP contribution in [0.1, 0.15) is 17.3 Å². The molecule has 0 heterocycles. The van der Waals surface area contributed by atoms with Crippen molar-refractivity contribution >= 4 is 35.0 Å². The van der Waals surface area contributed by atoms with Crippen LogP contribution in [0.3, 0.4) is 0 Å². The zero-order valence-electron chi connectivity index (χ0n) is 18.7. The molecule has 172 valence electrons. The van der Waals surface area contributed by atoms with Crippen molar-refractivity contribution in [2.45, 2.75) is 11.8 Å². The van der Waals surface area contributed by atoms with Gasteiger partial charge in [-0.3, -0.25) is 9.59 Å². The molecule has 0 fully saturated rings. The van der Waals surface area contributed by atoms with E-state index in [1.807, 2.05) is 43.3 Å². The second-order valence-corrected chi connectivity index (χ2v) is 7.87. The van der Waals surface area contributed by atoms with Gasteiger partial charge in [-0.2, -0.15) is 0 Å². The highest BCUT2D eigenvalue weighted by Crippen LogP contribution is 2.29. The lowest BCUT2D eigenvalue weighted by Crippen LogP contribution is -2.15. The smallest absolute Gasteiger partial charge is 0.255 e. The van der Waals surface area contributed by atoms with Crippen molar-refractivity contribution in [1.82, 2.24) is 0 Å². The molecule has 0 unspecified atom stereocenters. The van der Waals surface area contributed by atoms with Gasteiger partial charge in [0, 0.05) is 16.1 Å². The van der Waals surface area contributed by atoms with Crippen LogP contribution in [0.4, 0.5) is 11.4 Å². The van der Waals surface area contributed by atoms with Crippen molar-refractivity contribution in [2.24, 2.45) is 0 Å². The zero-order valence-corrected chi connectivity index (χ0v) is 19.5. The second kappa shape index (κ2) is 11.8. The third kappa shape index (κ3) is 6.66. The number of rotatable bonds is 10. The van der Waals surface area contributed by atoms with Crippen LogP contribution in [0, 0.1) is 0 Å². The van der Waals surface area contributed by atoms with Crippen LogP contribution in [0.5, 0.6) is 17.2 Å². The van der Waals surface area contributed by atoms with E-state index in [9.17, 15) is 9.59 Å². The maximum absolute atomic E-state index is 12.7. The van der Waals surface area contributed by atoms with Gasteiger partial charge in [0.2, 0.25) is 5.91 Å². The van der Waals surface area contributed by atoms with Crippen LogP contribution in [0.15, 0.2) is 71.6 Å². The number of nitrogens with one attached hydrogen (secondary N) is 2. The van der Waals surface area contributed by atoms with Gasteiger partial charge < -0.3 is 24.8 Å². The Hall–Kier alpha value is -3.65. The number of methoxy groups -OCH3 is 2. The molecule has 0 spiro atoms. The van der Waals surface area contributed by atoms with Gasteiger partial charge in [-0.15, -0.1) is 11.8 Å². The molecule has 2 amide bonds. The average Bonchev–Trinajstić information content (AvgIpc) is 2.84. The number of thioether (sulfide) groups is 1. The van der Waals surface area contributed by atoms with Crippen molar-refractivity contribution in [2.75, 3.05) is 37.2 Å². The Morgan fingerprint density at radius 3 is 2.39 bits per heavy atom. The summed E-state index contributed by atoms with van der Waals surface area (Å²) in [6.07, 6.45) is 0. The fourth-order valence-corrected chi connectivity index (χ4v) is 3.79. The lowest BCUT2D eigenvalue weighted by Gasteiger charge is -2.12. The van der Waals surface area contributed by atoms with Crippen LogP contribution in [-0.4, -0.2) is 38.4 Å². The minimum absolute atomic E-state index is 0.146. The highest BCUT2D eigenvalue weighted by Gasteiger charge is 2.12. The third-order valence-electron chi connectivity index (χ3n) is 4.57. The maximum atomic E-state index is 12.7. The van der Waals surface area contributed by atoms with Gasteiger partial charge in [-0.1, -0.05) is 18.2 Å². The molecule has 0 aliphatic rings. The van der Waals surface area contributed by atoms with Crippen LogP contribution in [-0.2, 0) is 4.79 Å². The lowest BCUT2D eigenvalue weighted by molar-refractivity contribution is -0.113. The fourth-order valence-electron chi connectivity index (χ4n) is 3.03. The molecule has 0 atom stereocenters. The molecule has 7 nitrogen and oxygen atoms in total. The van der Waals surface area contributed by atoms with Gasteiger partial charge in [0.05, 0.1) is 32.3 Å². The average molecular weight is 467 g/mol. The number of amides is 2. The normalized spacial score (nSPS) is 10.3. The topological polar surface area (TPSA) is 85.9 Å².